The summed E-state index contributed by atoms with van der Waals surface area (Å²) >= 11 is 0. The normalized spacial score (nSPS) is 14.0. The first-order valence-electron chi connectivity index (χ1n) is 6.96. The van der Waals surface area contributed by atoms with E-state index in [9.17, 15) is 22.8 Å². The number of aliphatic carboxylic acids is 1. The molecule has 0 aromatic heterocycles. The summed E-state index contributed by atoms with van der Waals surface area (Å²) in [5, 5.41) is 20.4. The van der Waals surface area contributed by atoms with Gasteiger partial charge in [0.25, 0.3) is 5.91 Å². The number of carboxylic acids is 1. The molecule has 0 saturated heterocycles. The molecule has 0 radical (unpaired) electrons. The Hall–Kier alpha value is -3.28. The van der Waals surface area contributed by atoms with Crippen molar-refractivity contribution in [1.29, 1.82) is 5.26 Å². The van der Waals surface area contributed by atoms with Gasteiger partial charge >= 0.3 is 12.3 Å². The number of ether oxygens (including phenoxy) is 1. The highest BCUT2D eigenvalue weighted by Gasteiger charge is 2.32. The number of carbonyl (C=O) groups is 2. The molecule has 0 aliphatic heterocycles. The molecular formula is C16H11F3N2O4. The molecule has 6 nitrogen and oxygen atoms in total. The monoisotopic (exact) mass is 352 g/mol. The Morgan fingerprint density at radius 3 is 2.40 bits per heavy atom. The SMILES string of the molecule is N#Cc1cc(NC(=O)C2=CCCC=C2C(=O)O)ccc1OC(F)(F)F. The van der Waals surface area contributed by atoms with Gasteiger partial charge in [0.1, 0.15) is 11.8 Å². The first kappa shape index (κ1) is 18.1. The van der Waals surface area contributed by atoms with Gasteiger partial charge in [-0.1, -0.05) is 12.2 Å². The van der Waals surface area contributed by atoms with E-state index in [0.29, 0.717) is 12.8 Å². The number of nitrogens with zero attached hydrogens (tertiary/aromatic N) is 1. The molecular weight excluding hydrogens is 341 g/mol. The van der Waals surface area contributed by atoms with Crippen LogP contribution in [-0.4, -0.2) is 23.3 Å². The van der Waals surface area contributed by atoms with Crippen LogP contribution < -0.4 is 10.1 Å². The van der Waals surface area contributed by atoms with Crippen molar-refractivity contribution in [2.45, 2.75) is 19.2 Å². The number of nitriles is 1. The van der Waals surface area contributed by atoms with Crippen LogP contribution >= 0.6 is 0 Å². The molecule has 25 heavy (non-hydrogen) atoms. The second-order valence-corrected chi connectivity index (χ2v) is 4.94. The topological polar surface area (TPSA) is 99.4 Å². The van der Waals surface area contributed by atoms with E-state index in [1.54, 1.807) is 6.07 Å². The molecule has 0 saturated carbocycles. The zero-order chi connectivity index (χ0) is 18.6. The lowest BCUT2D eigenvalue weighted by Gasteiger charge is -2.14. The third kappa shape index (κ3) is 4.60. The molecule has 2 N–H and O–H groups in total. The number of allylic oxidation sites excluding steroid dienone is 2. The van der Waals surface area contributed by atoms with Crippen LogP contribution in [0.25, 0.3) is 0 Å². The van der Waals surface area contributed by atoms with Crippen molar-refractivity contribution in [2.24, 2.45) is 0 Å². The van der Waals surface area contributed by atoms with E-state index in [1.807, 2.05) is 0 Å². The highest BCUT2D eigenvalue weighted by atomic mass is 19.4. The van der Waals surface area contributed by atoms with Gasteiger partial charge in [-0.15, -0.1) is 13.2 Å². The Kier molecular flexibility index (Phi) is 5.12. The van der Waals surface area contributed by atoms with Crippen LogP contribution in [0.2, 0.25) is 0 Å². The summed E-state index contributed by atoms with van der Waals surface area (Å²) in [7, 11) is 0. The number of hydrogen-bond donors (Lipinski definition) is 2. The Balaban J connectivity index is 2.22. The van der Waals surface area contributed by atoms with Gasteiger partial charge in [0.2, 0.25) is 0 Å². The van der Waals surface area contributed by atoms with Gasteiger partial charge in [0, 0.05) is 11.3 Å². The summed E-state index contributed by atoms with van der Waals surface area (Å²) in [4.78, 5) is 23.4. The lowest BCUT2D eigenvalue weighted by molar-refractivity contribution is -0.274. The van der Waals surface area contributed by atoms with E-state index >= 15 is 0 Å². The van der Waals surface area contributed by atoms with E-state index in [-0.39, 0.29) is 16.8 Å². The van der Waals surface area contributed by atoms with Gasteiger partial charge in [0.05, 0.1) is 11.1 Å². The number of carboxylic acid groups (broad SMARTS) is 1. The van der Waals surface area contributed by atoms with Gasteiger partial charge in [0.15, 0.2) is 0 Å². The maximum atomic E-state index is 12.3. The van der Waals surface area contributed by atoms with Crippen molar-refractivity contribution in [3.8, 4) is 11.8 Å². The fourth-order valence-corrected chi connectivity index (χ4v) is 2.20. The van der Waals surface area contributed by atoms with Crippen molar-refractivity contribution in [3.63, 3.8) is 0 Å². The minimum atomic E-state index is -4.95. The lowest BCUT2D eigenvalue weighted by Crippen LogP contribution is -2.21. The molecule has 9 heteroatoms. The van der Waals surface area contributed by atoms with Crippen LogP contribution in [0.1, 0.15) is 18.4 Å². The third-order valence-corrected chi connectivity index (χ3v) is 3.21. The van der Waals surface area contributed by atoms with Crippen LogP contribution in [0.4, 0.5) is 18.9 Å². The maximum Gasteiger partial charge on any atom is 0.573 e. The average molecular weight is 352 g/mol. The number of nitrogens with one attached hydrogen (secondary N) is 1. The fraction of sp³-hybridized carbons (Fsp3) is 0.188. The summed E-state index contributed by atoms with van der Waals surface area (Å²) in [6, 6.07) is 4.56. The average Bonchev–Trinajstić information content (AvgIpc) is 2.54. The van der Waals surface area contributed by atoms with Gasteiger partial charge in [-0.25, -0.2) is 4.79 Å². The Labute approximate surface area is 139 Å². The standard InChI is InChI=1S/C16H11F3N2O4/c17-16(18,19)25-13-6-5-10(7-9(13)8-20)21-14(22)11-3-1-2-4-12(11)15(23)24/h3-7H,1-2H2,(H,21,22)(H,23,24). The summed E-state index contributed by atoms with van der Waals surface area (Å²) in [6.07, 6.45) is -1.10. The van der Waals surface area contributed by atoms with Crippen LogP contribution in [-0.2, 0) is 9.59 Å². The number of hydrogen-bond acceptors (Lipinski definition) is 4. The van der Waals surface area contributed by atoms with Crippen molar-refractivity contribution in [1.82, 2.24) is 0 Å². The lowest BCUT2D eigenvalue weighted by atomic mass is 9.97. The molecule has 1 aliphatic carbocycles. The molecule has 1 aromatic rings. The molecule has 0 spiro atoms. The number of halogens is 3. The van der Waals surface area contributed by atoms with E-state index in [2.05, 4.69) is 10.1 Å². The van der Waals surface area contributed by atoms with Crippen molar-refractivity contribution < 1.29 is 32.6 Å². The Bertz CT molecular complexity index is 820. The molecule has 1 aliphatic rings. The smallest absolute Gasteiger partial charge is 0.478 e. The summed E-state index contributed by atoms with van der Waals surface area (Å²) in [6.45, 7) is 0. The summed E-state index contributed by atoms with van der Waals surface area (Å²) in [5.41, 5.74) is -0.594. The summed E-state index contributed by atoms with van der Waals surface area (Å²) in [5.74, 6) is -2.69. The predicted octanol–water partition coefficient (Wildman–Crippen LogP) is 3.13. The third-order valence-electron chi connectivity index (χ3n) is 3.21. The number of amides is 1. The first-order chi connectivity index (χ1) is 11.7. The van der Waals surface area contributed by atoms with Gasteiger partial charge in [-0.2, -0.15) is 5.26 Å². The summed E-state index contributed by atoms with van der Waals surface area (Å²) < 4.78 is 40.5. The molecule has 0 fully saturated rings. The first-order valence-corrected chi connectivity index (χ1v) is 6.96. The predicted molar refractivity (Wildman–Crippen MR) is 79.5 cm³/mol. The second-order valence-electron chi connectivity index (χ2n) is 4.94. The zero-order valence-electron chi connectivity index (χ0n) is 12.6. The molecule has 2 rings (SSSR count). The number of alkyl halides is 3. The van der Waals surface area contributed by atoms with Crippen LogP contribution in [0.5, 0.6) is 5.75 Å². The number of rotatable bonds is 4. The van der Waals surface area contributed by atoms with Gasteiger partial charge in [-0.3, -0.25) is 4.79 Å². The highest BCUT2D eigenvalue weighted by molar-refractivity contribution is 6.14. The van der Waals surface area contributed by atoms with Crippen LogP contribution in [0.3, 0.4) is 0 Å². The van der Waals surface area contributed by atoms with E-state index in [1.165, 1.54) is 12.2 Å². The second kappa shape index (κ2) is 7.09. The van der Waals surface area contributed by atoms with E-state index in [0.717, 1.165) is 18.2 Å². The van der Waals surface area contributed by atoms with Crippen molar-refractivity contribution in [3.05, 3.63) is 47.1 Å². The van der Waals surface area contributed by atoms with E-state index < -0.39 is 29.6 Å². The quantitative estimate of drug-likeness (QED) is 0.867. The van der Waals surface area contributed by atoms with Crippen LogP contribution in [0.15, 0.2) is 41.5 Å². The molecule has 0 bridgehead atoms. The number of benzene rings is 1. The molecule has 1 amide bonds. The van der Waals surface area contributed by atoms with Gasteiger partial charge in [-0.05, 0) is 31.0 Å². The molecule has 0 unspecified atom stereocenters. The van der Waals surface area contributed by atoms with Crippen LogP contribution in [0, 0.1) is 11.3 Å². The zero-order valence-corrected chi connectivity index (χ0v) is 12.6. The molecule has 0 atom stereocenters. The minimum absolute atomic E-state index is 0.0345. The van der Waals surface area contributed by atoms with E-state index in [4.69, 9.17) is 10.4 Å². The Morgan fingerprint density at radius 1 is 1.20 bits per heavy atom. The number of anilines is 1. The molecule has 0 heterocycles. The van der Waals surface area contributed by atoms with Crippen molar-refractivity contribution >= 4 is 17.6 Å². The number of carbonyl (C=O) groups excluding carboxylic acids is 1. The molecule has 130 valence electrons. The minimum Gasteiger partial charge on any atom is -0.478 e. The molecule has 1 aromatic carbocycles. The van der Waals surface area contributed by atoms with Gasteiger partial charge < -0.3 is 15.2 Å². The Morgan fingerprint density at radius 2 is 1.84 bits per heavy atom. The largest absolute Gasteiger partial charge is 0.573 e. The van der Waals surface area contributed by atoms with Crippen molar-refractivity contribution in [2.75, 3.05) is 5.32 Å². The highest BCUT2D eigenvalue weighted by Crippen LogP contribution is 2.29. The maximum absolute atomic E-state index is 12.3. The fourth-order valence-electron chi connectivity index (χ4n) is 2.20.